The normalized spacial score (nSPS) is 32.4. The second kappa shape index (κ2) is 5.50. The smallest absolute Gasteiger partial charge is 0.166 e. The highest BCUT2D eigenvalue weighted by molar-refractivity contribution is 5.92. The number of piperidine rings is 1. The van der Waals surface area contributed by atoms with Gasteiger partial charge in [-0.15, -0.1) is 0 Å². The fraction of sp³-hybridized carbons (Fsp3) is 0.400. The summed E-state index contributed by atoms with van der Waals surface area (Å²) in [7, 11) is 3.79. The highest BCUT2D eigenvalue weighted by atomic mass is 16.5. The predicted octanol–water partition coefficient (Wildman–Crippen LogP) is 2.74. The third-order valence-corrected chi connectivity index (χ3v) is 8.45. The topological polar surface area (TPSA) is 80.8 Å². The van der Waals surface area contributed by atoms with Gasteiger partial charge in [0.15, 0.2) is 17.6 Å². The fourth-order valence-electron chi connectivity index (χ4n) is 7.04. The maximum absolute atomic E-state index is 12.5. The molecule has 2 aromatic carbocycles. The minimum absolute atomic E-state index is 0.00165. The number of hydrogen-bond donors (Lipinski definition) is 2. The molecule has 3 aromatic rings. The van der Waals surface area contributed by atoms with Crippen molar-refractivity contribution >= 4 is 16.6 Å². The largest absolute Gasteiger partial charge is 0.493 e. The lowest BCUT2D eigenvalue weighted by molar-refractivity contribution is -0.167. The van der Waals surface area contributed by atoms with Crippen molar-refractivity contribution in [1.29, 1.82) is 0 Å². The Bertz CT molecular complexity index is 1290. The van der Waals surface area contributed by atoms with E-state index in [0.717, 1.165) is 58.6 Å². The van der Waals surface area contributed by atoms with Gasteiger partial charge in [0.25, 0.3) is 0 Å². The molecule has 4 aliphatic rings. The van der Waals surface area contributed by atoms with Crippen LogP contribution >= 0.6 is 0 Å². The van der Waals surface area contributed by atoms with Gasteiger partial charge in [0, 0.05) is 34.7 Å². The van der Waals surface area contributed by atoms with Crippen LogP contribution in [-0.2, 0) is 18.3 Å². The van der Waals surface area contributed by atoms with E-state index in [1.165, 1.54) is 5.56 Å². The van der Waals surface area contributed by atoms with Gasteiger partial charge in [-0.2, -0.15) is 0 Å². The van der Waals surface area contributed by atoms with Crippen LogP contribution in [0, 0.1) is 0 Å². The molecule has 0 radical (unpaired) electrons. The van der Waals surface area contributed by atoms with Crippen molar-refractivity contribution in [2.24, 2.45) is 0 Å². The van der Waals surface area contributed by atoms with Crippen molar-refractivity contribution in [3.63, 3.8) is 0 Å². The zero-order valence-electron chi connectivity index (χ0n) is 17.7. The third kappa shape index (κ3) is 1.82. The summed E-state index contributed by atoms with van der Waals surface area (Å²) < 4.78 is 12.4. The Balaban J connectivity index is 1.60. The summed E-state index contributed by atoms with van der Waals surface area (Å²) in [4.78, 5) is 7.38. The maximum Gasteiger partial charge on any atom is 0.166 e. The molecule has 2 unspecified atom stereocenters. The van der Waals surface area contributed by atoms with Crippen LogP contribution in [0.5, 0.6) is 11.5 Å². The van der Waals surface area contributed by atoms with Gasteiger partial charge in [-0.3, -0.25) is 0 Å². The zero-order valence-corrected chi connectivity index (χ0v) is 17.7. The van der Waals surface area contributed by atoms with Crippen LogP contribution in [0.2, 0.25) is 0 Å². The molecule has 31 heavy (non-hydrogen) atoms. The molecule has 3 N–H and O–H groups in total. The average Bonchev–Trinajstić information content (AvgIpc) is 3.13. The monoisotopic (exact) mass is 415 g/mol. The number of likely N-dealkylation sites (N-methyl/N-ethyl adjacent to an activating group) is 1. The summed E-state index contributed by atoms with van der Waals surface area (Å²) in [6.45, 7) is 0.904. The molecular formula is C25H25N3O3. The zero-order chi connectivity index (χ0) is 21.1. The number of methoxy groups -OCH3 is 1. The summed E-state index contributed by atoms with van der Waals surface area (Å²) in [5.41, 5.74) is 10.9. The van der Waals surface area contributed by atoms with E-state index in [2.05, 4.69) is 18.0 Å². The van der Waals surface area contributed by atoms with Crippen LogP contribution in [0.25, 0.3) is 10.9 Å². The highest BCUT2D eigenvalue weighted by Crippen LogP contribution is 2.68. The van der Waals surface area contributed by atoms with Gasteiger partial charge in [-0.25, -0.2) is 4.98 Å². The van der Waals surface area contributed by atoms with Crippen LogP contribution in [-0.4, -0.2) is 47.3 Å². The molecule has 158 valence electrons. The molecule has 7 rings (SSSR count). The van der Waals surface area contributed by atoms with Crippen molar-refractivity contribution in [2.45, 2.75) is 42.4 Å². The molecule has 3 heterocycles. The molecule has 0 saturated carbocycles. The second-order valence-electron chi connectivity index (χ2n) is 9.56. The Hall–Kier alpha value is -2.83. The summed E-state index contributed by atoms with van der Waals surface area (Å²) >= 11 is 0. The van der Waals surface area contributed by atoms with E-state index in [4.69, 9.17) is 20.2 Å². The maximum atomic E-state index is 12.5. The first-order chi connectivity index (χ1) is 15.0. The SMILES string of the molecule is COc1ccc2c3c1OC1c4nc5ccccc5c(N)c4CC4(O)[C@@H](C2)N(C)CC[C@]314. The Morgan fingerprint density at radius 3 is 2.94 bits per heavy atom. The van der Waals surface area contributed by atoms with Gasteiger partial charge < -0.3 is 25.2 Å². The quantitative estimate of drug-likeness (QED) is 0.636. The van der Waals surface area contributed by atoms with E-state index in [9.17, 15) is 5.11 Å². The number of fused-ring (bicyclic) bond motifs is 3. The number of nitrogen functional groups attached to an aromatic ring is 1. The van der Waals surface area contributed by atoms with Gasteiger partial charge in [0.05, 0.1) is 29.3 Å². The number of aliphatic hydroxyl groups is 1. The summed E-state index contributed by atoms with van der Waals surface area (Å²) in [5, 5.41) is 13.5. The number of ether oxygens (including phenoxy) is 2. The lowest BCUT2D eigenvalue weighted by Crippen LogP contribution is -2.74. The van der Waals surface area contributed by atoms with E-state index in [1.807, 2.05) is 30.3 Å². The van der Waals surface area contributed by atoms with Gasteiger partial charge in [-0.1, -0.05) is 24.3 Å². The Morgan fingerprint density at radius 1 is 1.26 bits per heavy atom. The summed E-state index contributed by atoms with van der Waals surface area (Å²) in [6, 6.07) is 12.1. The highest BCUT2D eigenvalue weighted by Gasteiger charge is 2.72. The van der Waals surface area contributed by atoms with E-state index in [1.54, 1.807) is 7.11 Å². The average molecular weight is 415 g/mol. The number of benzene rings is 2. The minimum atomic E-state index is -0.986. The van der Waals surface area contributed by atoms with Crippen LogP contribution in [0.4, 0.5) is 5.69 Å². The molecule has 2 aliphatic carbocycles. The van der Waals surface area contributed by atoms with Crippen LogP contribution in [0.3, 0.4) is 0 Å². The van der Waals surface area contributed by atoms with E-state index in [-0.39, 0.29) is 12.1 Å². The molecule has 6 heteroatoms. The van der Waals surface area contributed by atoms with Gasteiger partial charge in [0.2, 0.25) is 0 Å². The fourth-order valence-corrected chi connectivity index (χ4v) is 7.04. The molecule has 6 nitrogen and oxygen atoms in total. The Labute approximate surface area is 180 Å². The van der Waals surface area contributed by atoms with E-state index < -0.39 is 11.0 Å². The number of para-hydroxylation sites is 1. The van der Waals surface area contributed by atoms with Crippen molar-refractivity contribution in [1.82, 2.24) is 9.88 Å². The number of likely N-dealkylation sites (tertiary alicyclic amines) is 1. The molecule has 1 fully saturated rings. The first kappa shape index (κ1) is 17.8. The molecule has 4 atom stereocenters. The predicted molar refractivity (Wildman–Crippen MR) is 118 cm³/mol. The third-order valence-electron chi connectivity index (χ3n) is 8.45. The first-order valence-corrected chi connectivity index (χ1v) is 11.0. The number of anilines is 1. The number of pyridine rings is 1. The molecule has 2 bridgehead atoms. The molecular weight excluding hydrogens is 390 g/mol. The van der Waals surface area contributed by atoms with Crippen LogP contribution < -0.4 is 15.2 Å². The van der Waals surface area contributed by atoms with Gasteiger partial charge in [0.1, 0.15) is 0 Å². The number of hydrogen-bond acceptors (Lipinski definition) is 6. The lowest BCUT2D eigenvalue weighted by atomic mass is 9.49. The minimum Gasteiger partial charge on any atom is -0.493 e. The van der Waals surface area contributed by atoms with Crippen molar-refractivity contribution in [3.8, 4) is 11.5 Å². The van der Waals surface area contributed by atoms with E-state index >= 15 is 0 Å². The van der Waals surface area contributed by atoms with Crippen molar-refractivity contribution in [2.75, 3.05) is 26.4 Å². The molecule has 1 saturated heterocycles. The molecule has 2 aliphatic heterocycles. The van der Waals surface area contributed by atoms with Crippen LogP contribution in [0.1, 0.15) is 34.9 Å². The Kier molecular flexibility index (Phi) is 3.16. The lowest BCUT2D eigenvalue weighted by Gasteiger charge is -2.62. The standard InChI is InChI=1S/C25H25N3O3/c1-28-10-9-24-19-13-7-8-17(30-2)22(19)31-23(24)21-15(12-25(24,29)18(28)11-13)20(26)14-5-3-4-6-16(14)27-21/h3-8,18,23,29H,9-12H2,1-2H3,(H2,26,27)/t18-,23?,24+,25?/m1/s1. The van der Waals surface area contributed by atoms with E-state index in [0.29, 0.717) is 12.1 Å². The van der Waals surface area contributed by atoms with Gasteiger partial charge >= 0.3 is 0 Å². The molecule has 1 spiro atoms. The van der Waals surface area contributed by atoms with Gasteiger partial charge in [-0.05, 0) is 44.1 Å². The summed E-state index contributed by atoms with van der Waals surface area (Å²) in [5.74, 6) is 1.49. The Morgan fingerprint density at radius 2 is 2.10 bits per heavy atom. The second-order valence-corrected chi connectivity index (χ2v) is 9.56. The van der Waals surface area contributed by atoms with Crippen molar-refractivity contribution < 1.29 is 14.6 Å². The summed E-state index contributed by atoms with van der Waals surface area (Å²) in [6.07, 6.45) is 1.70. The first-order valence-electron chi connectivity index (χ1n) is 11.0. The van der Waals surface area contributed by atoms with Crippen LogP contribution in [0.15, 0.2) is 36.4 Å². The number of rotatable bonds is 1. The number of aromatic nitrogens is 1. The molecule has 1 aromatic heterocycles. The molecule has 0 amide bonds. The number of nitrogens with zero attached hydrogens (tertiary/aromatic N) is 2. The van der Waals surface area contributed by atoms with Crippen molar-refractivity contribution in [3.05, 3.63) is 58.8 Å². The number of nitrogens with two attached hydrogens (primary N) is 1.